The number of esters is 1. The highest BCUT2D eigenvalue weighted by molar-refractivity contribution is 6.47. The monoisotopic (exact) mass is 369 g/mol. The predicted molar refractivity (Wildman–Crippen MR) is 99.0 cm³/mol. The van der Waals surface area contributed by atoms with Gasteiger partial charge in [0, 0.05) is 5.56 Å². The zero-order chi connectivity index (χ0) is 19.4. The zero-order valence-electron chi connectivity index (χ0n) is 15.1. The quantitative estimate of drug-likeness (QED) is 0.615. The SMILES string of the molecule is CCOC(=O)c1cccc2c1OB(O)[C@@H](NC(=O)c1cccc(OC)c1)C2. The van der Waals surface area contributed by atoms with Crippen molar-refractivity contribution in [3.63, 3.8) is 0 Å². The van der Waals surface area contributed by atoms with Crippen LogP contribution in [0.1, 0.15) is 33.2 Å². The van der Waals surface area contributed by atoms with E-state index in [0.717, 1.165) is 0 Å². The van der Waals surface area contributed by atoms with E-state index in [0.29, 0.717) is 23.3 Å². The summed E-state index contributed by atoms with van der Waals surface area (Å²) in [5.74, 6) is -0.677. The van der Waals surface area contributed by atoms with Gasteiger partial charge >= 0.3 is 13.1 Å². The maximum Gasteiger partial charge on any atom is 0.547 e. The van der Waals surface area contributed by atoms with Crippen molar-refractivity contribution < 1.29 is 28.7 Å². The van der Waals surface area contributed by atoms with Gasteiger partial charge in [0.1, 0.15) is 17.1 Å². The summed E-state index contributed by atoms with van der Waals surface area (Å²) in [4.78, 5) is 24.6. The molecule has 0 spiro atoms. The molecule has 27 heavy (non-hydrogen) atoms. The molecule has 2 aromatic carbocycles. The second-order valence-electron chi connectivity index (χ2n) is 6.04. The number of carbonyl (C=O) groups is 2. The van der Waals surface area contributed by atoms with E-state index in [1.165, 1.54) is 7.11 Å². The number of para-hydroxylation sites is 1. The first-order valence-corrected chi connectivity index (χ1v) is 8.62. The normalized spacial score (nSPS) is 15.4. The van der Waals surface area contributed by atoms with E-state index in [9.17, 15) is 14.6 Å². The second-order valence-corrected chi connectivity index (χ2v) is 6.04. The first-order chi connectivity index (χ1) is 13.0. The van der Waals surface area contributed by atoms with Gasteiger partial charge in [0.05, 0.1) is 19.7 Å². The second kappa shape index (κ2) is 8.13. The molecule has 3 rings (SSSR count). The minimum atomic E-state index is -1.29. The van der Waals surface area contributed by atoms with Gasteiger partial charge in [0.2, 0.25) is 0 Å². The average molecular weight is 369 g/mol. The van der Waals surface area contributed by atoms with E-state index in [2.05, 4.69) is 5.32 Å². The molecule has 2 aromatic rings. The molecule has 2 N–H and O–H groups in total. The van der Waals surface area contributed by atoms with Crippen molar-refractivity contribution in [2.24, 2.45) is 0 Å². The van der Waals surface area contributed by atoms with Crippen LogP contribution in [-0.2, 0) is 11.2 Å². The number of ether oxygens (including phenoxy) is 2. The Kier molecular flexibility index (Phi) is 5.66. The molecule has 140 valence electrons. The molecule has 1 amide bonds. The Morgan fingerprint density at radius 3 is 2.81 bits per heavy atom. The van der Waals surface area contributed by atoms with Crippen LogP contribution in [0.2, 0.25) is 0 Å². The van der Waals surface area contributed by atoms with Gasteiger partial charge in [-0.05, 0) is 43.2 Å². The first kappa shape index (κ1) is 18.8. The smallest absolute Gasteiger partial charge is 0.534 e. The lowest BCUT2D eigenvalue weighted by atomic mass is 9.72. The fourth-order valence-electron chi connectivity index (χ4n) is 2.93. The molecule has 1 heterocycles. The van der Waals surface area contributed by atoms with Crippen molar-refractivity contribution in [1.82, 2.24) is 5.32 Å². The molecule has 0 radical (unpaired) electrons. The fourth-order valence-corrected chi connectivity index (χ4v) is 2.93. The largest absolute Gasteiger partial charge is 0.547 e. The van der Waals surface area contributed by atoms with Gasteiger partial charge < -0.3 is 24.5 Å². The van der Waals surface area contributed by atoms with E-state index in [4.69, 9.17) is 14.1 Å². The Bertz CT molecular complexity index is 856. The summed E-state index contributed by atoms with van der Waals surface area (Å²) in [6.45, 7) is 1.96. The number of carbonyl (C=O) groups excluding carboxylic acids is 2. The number of hydrogen-bond donors (Lipinski definition) is 2. The Morgan fingerprint density at radius 1 is 1.30 bits per heavy atom. The van der Waals surface area contributed by atoms with Gasteiger partial charge in [0.15, 0.2) is 0 Å². The molecule has 1 aliphatic heterocycles. The van der Waals surface area contributed by atoms with E-state index < -0.39 is 19.0 Å². The average Bonchev–Trinajstić information content (AvgIpc) is 2.68. The summed E-state index contributed by atoms with van der Waals surface area (Å²) >= 11 is 0. The van der Waals surface area contributed by atoms with Crippen molar-refractivity contribution in [1.29, 1.82) is 0 Å². The minimum Gasteiger partial charge on any atom is -0.534 e. The molecular formula is C19H20BNO6. The van der Waals surface area contributed by atoms with Gasteiger partial charge in [-0.15, -0.1) is 0 Å². The number of methoxy groups -OCH3 is 1. The zero-order valence-corrected chi connectivity index (χ0v) is 15.1. The lowest BCUT2D eigenvalue weighted by Gasteiger charge is -2.29. The molecule has 8 heteroatoms. The summed E-state index contributed by atoms with van der Waals surface area (Å²) in [6, 6.07) is 11.8. The fraction of sp³-hybridized carbons (Fsp3) is 0.263. The molecule has 0 saturated heterocycles. The van der Waals surface area contributed by atoms with Crippen LogP contribution in [0.3, 0.4) is 0 Å². The van der Waals surface area contributed by atoms with Crippen LogP contribution in [0.4, 0.5) is 0 Å². The minimum absolute atomic E-state index is 0.240. The lowest BCUT2D eigenvalue weighted by Crippen LogP contribution is -2.53. The van der Waals surface area contributed by atoms with Crippen molar-refractivity contribution >= 4 is 19.0 Å². The summed E-state index contributed by atoms with van der Waals surface area (Å²) in [5.41, 5.74) is 1.38. The number of rotatable bonds is 5. The van der Waals surface area contributed by atoms with Crippen LogP contribution in [0.15, 0.2) is 42.5 Å². The van der Waals surface area contributed by atoms with Crippen molar-refractivity contribution in [3.8, 4) is 11.5 Å². The van der Waals surface area contributed by atoms with E-state index in [-0.39, 0.29) is 23.8 Å². The summed E-state index contributed by atoms with van der Waals surface area (Å²) in [7, 11) is 0.232. The van der Waals surface area contributed by atoms with Gasteiger partial charge in [-0.3, -0.25) is 4.79 Å². The van der Waals surface area contributed by atoms with E-state index in [1.807, 2.05) is 0 Å². The number of nitrogens with one attached hydrogen (secondary N) is 1. The van der Waals surface area contributed by atoms with Crippen LogP contribution in [-0.4, -0.2) is 43.7 Å². The molecule has 0 fully saturated rings. The van der Waals surface area contributed by atoms with Gasteiger partial charge in [-0.1, -0.05) is 18.2 Å². The molecule has 0 unspecified atom stereocenters. The predicted octanol–water partition coefficient (Wildman–Crippen LogP) is 1.63. The molecule has 1 aliphatic rings. The van der Waals surface area contributed by atoms with E-state index in [1.54, 1.807) is 49.4 Å². The van der Waals surface area contributed by atoms with Crippen LogP contribution >= 0.6 is 0 Å². The first-order valence-electron chi connectivity index (χ1n) is 8.62. The Labute approximate surface area is 157 Å². The summed E-state index contributed by atoms with van der Waals surface area (Å²) < 4.78 is 15.7. The van der Waals surface area contributed by atoms with Crippen molar-refractivity contribution in [2.45, 2.75) is 19.3 Å². The highest BCUT2D eigenvalue weighted by atomic mass is 16.5. The third-order valence-corrected chi connectivity index (χ3v) is 4.26. The van der Waals surface area contributed by atoms with Crippen LogP contribution in [0.5, 0.6) is 11.5 Å². The molecule has 0 bridgehead atoms. The Morgan fingerprint density at radius 2 is 2.07 bits per heavy atom. The van der Waals surface area contributed by atoms with E-state index >= 15 is 0 Å². The molecule has 0 aromatic heterocycles. The highest BCUT2D eigenvalue weighted by Gasteiger charge is 2.38. The van der Waals surface area contributed by atoms with Gasteiger partial charge in [0.25, 0.3) is 5.91 Å². The highest BCUT2D eigenvalue weighted by Crippen LogP contribution is 2.30. The summed E-state index contributed by atoms with van der Waals surface area (Å²) in [5, 5.41) is 13.1. The lowest BCUT2D eigenvalue weighted by molar-refractivity contribution is 0.0523. The maximum absolute atomic E-state index is 12.5. The number of hydrogen-bond acceptors (Lipinski definition) is 6. The maximum atomic E-state index is 12.5. The topological polar surface area (TPSA) is 94.1 Å². The van der Waals surface area contributed by atoms with Crippen molar-refractivity contribution in [2.75, 3.05) is 13.7 Å². The molecule has 1 atom stereocenters. The number of benzene rings is 2. The van der Waals surface area contributed by atoms with Crippen LogP contribution in [0, 0.1) is 0 Å². The van der Waals surface area contributed by atoms with Crippen LogP contribution < -0.4 is 14.7 Å². The van der Waals surface area contributed by atoms with Gasteiger partial charge in [-0.2, -0.15) is 0 Å². The number of amides is 1. The van der Waals surface area contributed by atoms with Crippen molar-refractivity contribution in [3.05, 3.63) is 59.2 Å². The summed E-state index contributed by atoms with van der Waals surface area (Å²) in [6.07, 6.45) is 0.319. The molecule has 7 nitrogen and oxygen atoms in total. The number of fused-ring (bicyclic) bond motifs is 1. The van der Waals surface area contributed by atoms with Gasteiger partial charge in [-0.25, -0.2) is 4.79 Å². The molecule has 0 aliphatic carbocycles. The Balaban J connectivity index is 1.78. The van der Waals surface area contributed by atoms with Crippen LogP contribution in [0.25, 0.3) is 0 Å². The molecule has 0 saturated carbocycles. The standard InChI is InChI=1S/C19H20BNO6/c1-3-26-19(23)15-9-5-6-12-11-16(20(24)27-17(12)15)21-18(22)13-7-4-8-14(10-13)25-2/h4-10,16,24H,3,11H2,1-2H3,(H,21,22)/t16-/m0/s1. The third-order valence-electron chi connectivity index (χ3n) is 4.26. The molecular weight excluding hydrogens is 349 g/mol. The third kappa shape index (κ3) is 4.06. The Hall–Kier alpha value is -3.00.